The first kappa shape index (κ1) is 19.9. The molecule has 2 aliphatic rings. The molecule has 1 fully saturated rings. The van der Waals surface area contributed by atoms with Crippen LogP contribution in [0, 0.1) is 5.92 Å². The highest BCUT2D eigenvalue weighted by Crippen LogP contribution is 2.47. The summed E-state index contributed by atoms with van der Waals surface area (Å²) in [6.07, 6.45) is 2.10. The van der Waals surface area contributed by atoms with Crippen LogP contribution >= 0.6 is 0 Å². The molecule has 0 bridgehead atoms. The molecular weight excluding hydrogens is 378 g/mol. The Hall–Kier alpha value is -3.41. The molecule has 1 N–H and O–H groups in total. The molecule has 6 nitrogen and oxygen atoms in total. The lowest BCUT2D eigenvalue weighted by Gasteiger charge is -2.25. The molecule has 30 heavy (non-hydrogen) atoms. The van der Waals surface area contributed by atoms with Gasteiger partial charge in [0.1, 0.15) is 0 Å². The van der Waals surface area contributed by atoms with Crippen LogP contribution in [0.5, 0.6) is 0 Å². The van der Waals surface area contributed by atoms with Gasteiger partial charge in [0, 0.05) is 42.9 Å². The lowest BCUT2D eigenvalue weighted by molar-refractivity contribution is -0.122. The zero-order valence-corrected chi connectivity index (χ0v) is 17.6. The molecule has 0 aromatic heterocycles. The molecule has 0 radical (unpaired) electrons. The molecule has 2 heterocycles. The maximum absolute atomic E-state index is 13.1. The number of nitrogens with one attached hydrogen (secondary N) is 1. The summed E-state index contributed by atoms with van der Waals surface area (Å²) in [6, 6.07) is 14.9. The van der Waals surface area contributed by atoms with E-state index in [0.717, 1.165) is 11.4 Å². The maximum atomic E-state index is 13.1. The summed E-state index contributed by atoms with van der Waals surface area (Å²) in [5, 5.41) is 2.68. The van der Waals surface area contributed by atoms with E-state index >= 15 is 0 Å². The normalized spacial score (nSPS) is 21.3. The van der Waals surface area contributed by atoms with Crippen molar-refractivity contribution in [1.82, 2.24) is 0 Å². The number of anilines is 3. The van der Waals surface area contributed by atoms with E-state index in [1.165, 1.54) is 17.4 Å². The third-order valence-corrected chi connectivity index (χ3v) is 5.93. The molecule has 2 aromatic rings. The molecule has 0 aliphatic carbocycles. The third-order valence-electron chi connectivity index (χ3n) is 5.93. The van der Waals surface area contributed by atoms with E-state index in [9.17, 15) is 14.4 Å². The Balaban J connectivity index is 1.61. The number of benzene rings is 2. The van der Waals surface area contributed by atoms with Gasteiger partial charge in [-0.1, -0.05) is 38.1 Å². The van der Waals surface area contributed by atoms with Crippen molar-refractivity contribution in [2.24, 2.45) is 5.92 Å². The number of hydrogen-bond donors (Lipinski definition) is 1. The van der Waals surface area contributed by atoms with Crippen LogP contribution in [-0.4, -0.2) is 24.8 Å². The minimum absolute atomic E-state index is 0.149. The molecule has 154 valence electrons. The number of carbonyl (C=O) groups excluding carboxylic acids is 3. The van der Waals surface area contributed by atoms with E-state index in [0.29, 0.717) is 11.4 Å². The Morgan fingerprint density at radius 1 is 1.10 bits per heavy atom. The molecule has 2 aromatic carbocycles. The zero-order chi connectivity index (χ0) is 21.6. The van der Waals surface area contributed by atoms with Gasteiger partial charge in [-0.3, -0.25) is 19.3 Å². The third kappa shape index (κ3) is 3.18. The predicted molar refractivity (Wildman–Crippen MR) is 117 cm³/mol. The van der Waals surface area contributed by atoms with Gasteiger partial charge in [-0.15, -0.1) is 0 Å². The van der Waals surface area contributed by atoms with Gasteiger partial charge < -0.3 is 10.2 Å². The monoisotopic (exact) mass is 403 g/mol. The summed E-state index contributed by atoms with van der Waals surface area (Å²) in [6.45, 7) is 5.71. The van der Waals surface area contributed by atoms with Gasteiger partial charge in [-0.2, -0.15) is 0 Å². The summed E-state index contributed by atoms with van der Waals surface area (Å²) in [5.74, 6) is -1.12. The van der Waals surface area contributed by atoms with E-state index in [-0.39, 0.29) is 29.6 Å². The van der Waals surface area contributed by atoms with Gasteiger partial charge in [0.2, 0.25) is 17.7 Å². The van der Waals surface area contributed by atoms with Gasteiger partial charge >= 0.3 is 0 Å². The second-order valence-electron chi connectivity index (χ2n) is 8.36. The molecule has 0 saturated carbocycles. The first-order chi connectivity index (χ1) is 14.2. The topological polar surface area (TPSA) is 69.7 Å². The van der Waals surface area contributed by atoms with E-state index in [1.54, 1.807) is 24.3 Å². The van der Waals surface area contributed by atoms with Crippen molar-refractivity contribution in [3.05, 3.63) is 65.9 Å². The highest BCUT2D eigenvalue weighted by molar-refractivity contribution is 6.21. The van der Waals surface area contributed by atoms with Crippen molar-refractivity contribution >= 4 is 34.8 Å². The minimum Gasteiger partial charge on any atom is -0.347 e. The fraction of sp³-hybridized carbons (Fsp3) is 0.292. The highest BCUT2D eigenvalue weighted by atomic mass is 16.2. The Morgan fingerprint density at radius 2 is 1.77 bits per heavy atom. The van der Waals surface area contributed by atoms with E-state index in [4.69, 9.17) is 0 Å². The van der Waals surface area contributed by atoms with Crippen LogP contribution in [0.2, 0.25) is 0 Å². The van der Waals surface area contributed by atoms with Crippen molar-refractivity contribution < 1.29 is 14.4 Å². The van der Waals surface area contributed by atoms with E-state index < -0.39 is 5.92 Å². The largest absolute Gasteiger partial charge is 0.347 e. The Labute approximate surface area is 176 Å². The Bertz CT molecular complexity index is 1070. The predicted octanol–water partition coefficient (Wildman–Crippen LogP) is 3.84. The van der Waals surface area contributed by atoms with E-state index in [2.05, 4.69) is 36.2 Å². The molecular formula is C24H25N3O3. The fourth-order valence-electron chi connectivity index (χ4n) is 4.45. The van der Waals surface area contributed by atoms with Crippen molar-refractivity contribution in [3.8, 4) is 0 Å². The van der Waals surface area contributed by atoms with Gasteiger partial charge in [0.25, 0.3) is 0 Å². The number of nitrogens with zero attached hydrogens (tertiary/aromatic N) is 2. The van der Waals surface area contributed by atoms with Gasteiger partial charge in [-0.05, 0) is 35.9 Å². The number of amides is 3. The van der Waals surface area contributed by atoms with Crippen LogP contribution in [0.1, 0.15) is 32.8 Å². The molecule has 1 atom stereocenters. The van der Waals surface area contributed by atoms with Crippen molar-refractivity contribution in [1.29, 1.82) is 0 Å². The number of para-hydroxylation sites is 1. The maximum Gasteiger partial charge on any atom is 0.241 e. The van der Waals surface area contributed by atoms with Gasteiger partial charge in [-0.25, -0.2) is 0 Å². The summed E-state index contributed by atoms with van der Waals surface area (Å²) in [4.78, 5) is 40.4. The van der Waals surface area contributed by atoms with Crippen LogP contribution in [0.4, 0.5) is 17.1 Å². The number of allylic oxidation sites excluding steroid dienone is 1. The number of rotatable bonds is 3. The number of imide groups is 1. The van der Waals surface area contributed by atoms with Crippen LogP contribution < -0.4 is 15.1 Å². The standard InChI is InChI=1S/C24H25N3O3/c1-15(28)25-17-9-11-18(12-10-17)27-22(29)14-16(23(27)30)13-21-24(2,3)19-7-5-6-8-20(19)26(21)4/h5-13,16H,14H2,1-4H3,(H,25,28)/b21-13+/t16-/m0/s1. The number of carbonyl (C=O) groups is 3. The average Bonchev–Trinajstić information content (AvgIpc) is 3.08. The molecule has 3 amide bonds. The molecule has 0 spiro atoms. The van der Waals surface area contributed by atoms with Gasteiger partial charge in [0.15, 0.2) is 0 Å². The summed E-state index contributed by atoms with van der Waals surface area (Å²) >= 11 is 0. The number of hydrogen-bond acceptors (Lipinski definition) is 4. The molecule has 2 aliphatic heterocycles. The summed E-state index contributed by atoms with van der Waals surface area (Å²) in [5.41, 5.74) is 4.25. The van der Waals surface area contributed by atoms with E-state index in [1.807, 2.05) is 25.3 Å². The highest BCUT2D eigenvalue weighted by Gasteiger charge is 2.43. The summed E-state index contributed by atoms with van der Waals surface area (Å²) in [7, 11) is 2.00. The average molecular weight is 403 g/mol. The van der Waals surface area contributed by atoms with Crippen LogP contribution in [0.15, 0.2) is 60.3 Å². The number of likely N-dealkylation sites (N-methyl/N-ethyl adjacent to an activating group) is 1. The smallest absolute Gasteiger partial charge is 0.241 e. The van der Waals surface area contributed by atoms with Crippen LogP contribution in [0.25, 0.3) is 0 Å². The number of fused-ring (bicyclic) bond motifs is 1. The quantitative estimate of drug-likeness (QED) is 0.791. The zero-order valence-electron chi connectivity index (χ0n) is 17.6. The van der Waals surface area contributed by atoms with Gasteiger partial charge in [0.05, 0.1) is 11.6 Å². The first-order valence-corrected chi connectivity index (χ1v) is 10.00. The molecule has 6 heteroatoms. The SMILES string of the molecule is CC(=O)Nc1ccc(N2C(=O)C[C@H](/C=C3/N(C)c4ccccc4C3(C)C)C2=O)cc1. The van der Waals surface area contributed by atoms with Crippen LogP contribution in [0.3, 0.4) is 0 Å². The molecule has 4 rings (SSSR count). The van der Waals surface area contributed by atoms with Crippen LogP contribution in [-0.2, 0) is 19.8 Å². The van der Waals surface area contributed by atoms with Crippen molar-refractivity contribution in [2.45, 2.75) is 32.6 Å². The van der Waals surface area contributed by atoms with Crippen molar-refractivity contribution in [3.63, 3.8) is 0 Å². The first-order valence-electron chi connectivity index (χ1n) is 10.00. The second kappa shape index (κ2) is 7.13. The molecule has 0 unspecified atom stereocenters. The minimum atomic E-state index is -0.501. The van der Waals surface area contributed by atoms with Crippen molar-refractivity contribution in [2.75, 3.05) is 22.2 Å². The molecule has 1 saturated heterocycles. The fourth-order valence-corrected chi connectivity index (χ4v) is 4.45. The second-order valence-corrected chi connectivity index (χ2v) is 8.36. The Morgan fingerprint density at radius 3 is 2.40 bits per heavy atom. The lowest BCUT2D eigenvalue weighted by Crippen LogP contribution is -2.31. The lowest BCUT2D eigenvalue weighted by atomic mass is 9.82. The summed E-state index contributed by atoms with van der Waals surface area (Å²) < 4.78 is 0. The Kier molecular flexibility index (Phi) is 4.73.